The zero-order valence-electron chi connectivity index (χ0n) is 15.5. The molecule has 0 radical (unpaired) electrons. The van der Waals surface area contributed by atoms with Crippen molar-refractivity contribution >= 4 is 12.1 Å². The second-order valence-electron chi connectivity index (χ2n) is 7.29. The first-order valence-corrected chi connectivity index (χ1v) is 9.64. The summed E-state index contributed by atoms with van der Waals surface area (Å²) in [6.07, 6.45) is 4.71. The van der Waals surface area contributed by atoms with Crippen molar-refractivity contribution in [2.24, 2.45) is 0 Å². The number of carbonyl (C=O) groups is 2. The van der Waals surface area contributed by atoms with Crippen molar-refractivity contribution in [3.8, 4) is 0 Å². The van der Waals surface area contributed by atoms with Crippen molar-refractivity contribution in [1.29, 1.82) is 0 Å². The first-order valence-electron chi connectivity index (χ1n) is 9.64. The molecule has 0 bridgehead atoms. The van der Waals surface area contributed by atoms with Gasteiger partial charge in [0, 0.05) is 31.1 Å². The second-order valence-corrected chi connectivity index (χ2v) is 7.29. The van der Waals surface area contributed by atoms with Gasteiger partial charge in [-0.2, -0.15) is 0 Å². The molecule has 1 aliphatic carbocycles. The molecule has 1 aromatic rings. The van der Waals surface area contributed by atoms with Crippen molar-refractivity contribution in [1.82, 2.24) is 15.5 Å². The number of benzene rings is 1. The van der Waals surface area contributed by atoms with Crippen LogP contribution < -0.4 is 10.6 Å². The molecule has 142 valence electrons. The van der Waals surface area contributed by atoms with E-state index >= 15 is 0 Å². The lowest BCUT2D eigenvalue weighted by molar-refractivity contribution is 0.0956. The number of urea groups is 1. The first kappa shape index (κ1) is 18.5. The molecule has 6 nitrogen and oxygen atoms in total. The third-order valence-corrected chi connectivity index (χ3v) is 5.64. The maximum Gasteiger partial charge on any atom is 0.409 e. The van der Waals surface area contributed by atoms with Crippen LogP contribution in [0.15, 0.2) is 30.3 Å². The molecule has 2 aliphatic rings. The third kappa shape index (κ3) is 4.29. The Morgan fingerprint density at radius 1 is 1.19 bits per heavy atom. The average Bonchev–Trinajstić information content (AvgIpc) is 2.62. The Kier molecular flexibility index (Phi) is 6.01. The van der Waals surface area contributed by atoms with E-state index in [1.807, 2.05) is 6.07 Å². The molecule has 26 heavy (non-hydrogen) atoms. The number of piperidine rings is 1. The minimum atomic E-state index is -0.259. The maximum absolute atomic E-state index is 12.3. The fourth-order valence-electron chi connectivity index (χ4n) is 3.87. The summed E-state index contributed by atoms with van der Waals surface area (Å²) in [6.45, 7) is 4.11. The number of ether oxygens (including phenoxy) is 1. The lowest BCUT2D eigenvalue weighted by Crippen LogP contribution is -2.52. The summed E-state index contributed by atoms with van der Waals surface area (Å²) in [5.74, 6) is 0. The van der Waals surface area contributed by atoms with Gasteiger partial charge in [-0.15, -0.1) is 0 Å². The van der Waals surface area contributed by atoms with Gasteiger partial charge in [-0.1, -0.05) is 36.8 Å². The zero-order chi connectivity index (χ0) is 18.4. The summed E-state index contributed by atoms with van der Waals surface area (Å²) in [4.78, 5) is 25.7. The maximum atomic E-state index is 12.3. The van der Waals surface area contributed by atoms with E-state index in [-0.39, 0.29) is 23.6 Å². The van der Waals surface area contributed by atoms with Gasteiger partial charge in [0.25, 0.3) is 0 Å². The van der Waals surface area contributed by atoms with Crippen LogP contribution in [0.25, 0.3) is 0 Å². The minimum absolute atomic E-state index is 0.0892. The molecule has 1 aromatic carbocycles. The zero-order valence-corrected chi connectivity index (χ0v) is 15.5. The monoisotopic (exact) mass is 359 g/mol. The van der Waals surface area contributed by atoms with E-state index in [1.165, 1.54) is 12.0 Å². The molecule has 2 N–H and O–H groups in total. The van der Waals surface area contributed by atoms with Gasteiger partial charge in [0.1, 0.15) is 0 Å². The molecular formula is C20H29N3O3. The lowest BCUT2D eigenvalue weighted by Gasteiger charge is -2.42. The summed E-state index contributed by atoms with van der Waals surface area (Å²) in [6, 6.07) is 10.5. The van der Waals surface area contributed by atoms with Gasteiger partial charge in [-0.25, -0.2) is 9.59 Å². The van der Waals surface area contributed by atoms with Gasteiger partial charge in [-0.05, 0) is 38.2 Å². The molecule has 6 heteroatoms. The van der Waals surface area contributed by atoms with E-state index in [0.29, 0.717) is 26.2 Å². The van der Waals surface area contributed by atoms with Crippen LogP contribution in [-0.4, -0.2) is 49.3 Å². The molecule has 0 atom stereocenters. The number of nitrogens with zero attached hydrogens (tertiary/aromatic N) is 1. The summed E-state index contributed by atoms with van der Waals surface area (Å²) in [5.41, 5.74) is 1.40. The number of carbonyl (C=O) groups excluding carboxylic acids is 2. The van der Waals surface area contributed by atoms with E-state index in [0.717, 1.165) is 25.7 Å². The van der Waals surface area contributed by atoms with Crippen LogP contribution in [0, 0.1) is 0 Å². The molecule has 3 amide bonds. The number of hydrogen-bond acceptors (Lipinski definition) is 3. The van der Waals surface area contributed by atoms with E-state index in [4.69, 9.17) is 4.74 Å². The highest BCUT2D eigenvalue weighted by molar-refractivity contribution is 5.74. The molecule has 1 aliphatic heterocycles. The normalized spacial score (nSPS) is 19.3. The van der Waals surface area contributed by atoms with Gasteiger partial charge in [-0.3, -0.25) is 0 Å². The van der Waals surface area contributed by atoms with Crippen molar-refractivity contribution in [2.45, 2.75) is 50.5 Å². The Morgan fingerprint density at radius 3 is 2.46 bits per heavy atom. The smallest absolute Gasteiger partial charge is 0.409 e. The van der Waals surface area contributed by atoms with Crippen molar-refractivity contribution in [3.63, 3.8) is 0 Å². The highest BCUT2D eigenvalue weighted by atomic mass is 16.6. The largest absolute Gasteiger partial charge is 0.450 e. The van der Waals surface area contributed by atoms with Gasteiger partial charge >= 0.3 is 12.1 Å². The van der Waals surface area contributed by atoms with Crippen LogP contribution in [0.4, 0.5) is 9.59 Å². The molecule has 2 fully saturated rings. The fourth-order valence-corrected chi connectivity index (χ4v) is 3.87. The van der Waals surface area contributed by atoms with Crippen LogP contribution in [0.1, 0.15) is 44.6 Å². The fraction of sp³-hybridized carbons (Fsp3) is 0.600. The van der Waals surface area contributed by atoms with Gasteiger partial charge in [0.05, 0.1) is 6.61 Å². The Hall–Kier alpha value is -2.24. The highest BCUT2D eigenvalue weighted by Crippen LogP contribution is 2.43. The summed E-state index contributed by atoms with van der Waals surface area (Å²) in [5, 5.41) is 6.12. The average molecular weight is 359 g/mol. The quantitative estimate of drug-likeness (QED) is 0.849. The number of nitrogens with one attached hydrogen (secondary N) is 2. The molecule has 0 aromatic heterocycles. The predicted octanol–water partition coefficient (Wildman–Crippen LogP) is 3.03. The molecule has 1 heterocycles. The number of likely N-dealkylation sites (tertiary alicyclic amines) is 1. The summed E-state index contributed by atoms with van der Waals surface area (Å²) >= 11 is 0. The standard InChI is InChI=1S/C20H29N3O3/c1-2-26-19(25)23-13-9-17(10-14-23)22-18(24)21-15-20(11-6-12-20)16-7-4-3-5-8-16/h3-5,7-8,17H,2,6,9-15H2,1H3,(H2,21,22,24). The molecule has 0 spiro atoms. The van der Waals surface area contributed by atoms with Gasteiger partial charge in [0.15, 0.2) is 0 Å². The minimum Gasteiger partial charge on any atom is -0.450 e. The van der Waals surface area contributed by atoms with Crippen LogP contribution in [0.3, 0.4) is 0 Å². The third-order valence-electron chi connectivity index (χ3n) is 5.64. The Balaban J connectivity index is 1.43. The van der Waals surface area contributed by atoms with E-state index in [2.05, 4.69) is 34.9 Å². The Bertz CT molecular complexity index is 608. The van der Waals surface area contributed by atoms with E-state index in [1.54, 1.807) is 11.8 Å². The number of hydrogen-bond donors (Lipinski definition) is 2. The highest BCUT2D eigenvalue weighted by Gasteiger charge is 2.38. The number of rotatable bonds is 5. The van der Waals surface area contributed by atoms with Crippen molar-refractivity contribution in [2.75, 3.05) is 26.2 Å². The summed E-state index contributed by atoms with van der Waals surface area (Å²) < 4.78 is 5.02. The van der Waals surface area contributed by atoms with Crippen LogP contribution >= 0.6 is 0 Å². The first-order chi connectivity index (χ1) is 12.6. The molecule has 3 rings (SSSR count). The van der Waals surface area contributed by atoms with Gasteiger partial charge < -0.3 is 20.3 Å². The van der Waals surface area contributed by atoms with Crippen molar-refractivity contribution < 1.29 is 14.3 Å². The van der Waals surface area contributed by atoms with E-state index in [9.17, 15) is 9.59 Å². The predicted molar refractivity (Wildman–Crippen MR) is 100 cm³/mol. The van der Waals surface area contributed by atoms with E-state index < -0.39 is 0 Å². The molecule has 1 saturated carbocycles. The molecule has 1 saturated heterocycles. The SMILES string of the molecule is CCOC(=O)N1CCC(NC(=O)NCC2(c3ccccc3)CCC2)CC1. The topological polar surface area (TPSA) is 70.7 Å². The summed E-state index contributed by atoms with van der Waals surface area (Å²) in [7, 11) is 0. The Morgan fingerprint density at radius 2 is 1.88 bits per heavy atom. The second kappa shape index (κ2) is 8.43. The lowest BCUT2D eigenvalue weighted by atomic mass is 9.64. The van der Waals surface area contributed by atoms with Crippen molar-refractivity contribution in [3.05, 3.63) is 35.9 Å². The molecular weight excluding hydrogens is 330 g/mol. The Labute approximate surface area is 155 Å². The number of amides is 3. The van der Waals surface area contributed by atoms with Crippen LogP contribution in [-0.2, 0) is 10.2 Å². The molecule has 0 unspecified atom stereocenters. The van der Waals surface area contributed by atoms with Gasteiger partial charge in [0.2, 0.25) is 0 Å². The van der Waals surface area contributed by atoms with Crippen LogP contribution in [0.2, 0.25) is 0 Å². The van der Waals surface area contributed by atoms with Crippen LogP contribution in [0.5, 0.6) is 0 Å².